The predicted octanol–water partition coefficient (Wildman–Crippen LogP) is 5.44. The Bertz CT molecular complexity index is 626. The largest absolute Gasteiger partial charge is 0.303 e. The van der Waals surface area contributed by atoms with E-state index in [4.69, 9.17) is 11.6 Å². The van der Waals surface area contributed by atoms with Crippen molar-refractivity contribution in [3.63, 3.8) is 0 Å². The quantitative estimate of drug-likeness (QED) is 0.777. The molecule has 0 amide bonds. The van der Waals surface area contributed by atoms with Gasteiger partial charge in [0.2, 0.25) is 0 Å². The number of aryl methyl sites for hydroxylation is 1. The summed E-state index contributed by atoms with van der Waals surface area (Å²) >= 11 is 9.79. The number of benzene rings is 2. The summed E-state index contributed by atoms with van der Waals surface area (Å²) in [4.78, 5) is 0. The van der Waals surface area contributed by atoms with Crippen LogP contribution in [0.15, 0.2) is 46.9 Å². The van der Waals surface area contributed by atoms with Crippen molar-refractivity contribution in [2.24, 2.45) is 0 Å². The monoisotopic (exact) mass is 349 g/mol. The van der Waals surface area contributed by atoms with Crippen molar-refractivity contribution < 1.29 is 0 Å². The highest BCUT2D eigenvalue weighted by molar-refractivity contribution is 9.10. The standard InChI is InChI=1S/C17H17BrClN/c1-11(14-8-7-13(18)10-16(14)19)20-17-9-6-12-4-2-3-5-15(12)17/h2-5,7-8,10-11,17,20H,6,9H2,1H3. The van der Waals surface area contributed by atoms with Crippen LogP contribution in [-0.4, -0.2) is 0 Å². The number of rotatable bonds is 3. The van der Waals surface area contributed by atoms with E-state index in [1.165, 1.54) is 11.1 Å². The molecule has 2 atom stereocenters. The molecule has 2 aromatic carbocycles. The Morgan fingerprint density at radius 1 is 1.25 bits per heavy atom. The highest BCUT2D eigenvalue weighted by Crippen LogP contribution is 2.34. The summed E-state index contributed by atoms with van der Waals surface area (Å²) in [6.07, 6.45) is 2.33. The summed E-state index contributed by atoms with van der Waals surface area (Å²) in [6.45, 7) is 2.18. The Balaban J connectivity index is 1.79. The molecule has 0 saturated heterocycles. The van der Waals surface area contributed by atoms with Crippen LogP contribution in [0.1, 0.15) is 42.1 Å². The lowest BCUT2D eigenvalue weighted by Crippen LogP contribution is -2.23. The summed E-state index contributed by atoms with van der Waals surface area (Å²) in [5, 5.41) is 4.52. The van der Waals surface area contributed by atoms with Crippen LogP contribution in [0.25, 0.3) is 0 Å². The third kappa shape index (κ3) is 2.78. The van der Waals surface area contributed by atoms with Crippen molar-refractivity contribution >= 4 is 27.5 Å². The zero-order chi connectivity index (χ0) is 14.1. The smallest absolute Gasteiger partial charge is 0.0464 e. The van der Waals surface area contributed by atoms with E-state index in [1.807, 2.05) is 12.1 Å². The number of fused-ring (bicyclic) bond motifs is 1. The van der Waals surface area contributed by atoms with Gasteiger partial charge in [0.15, 0.2) is 0 Å². The van der Waals surface area contributed by atoms with Crippen molar-refractivity contribution in [3.05, 3.63) is 68.7 Å². The predicted molar refractivity (Wildman–Crippen MR) is 88.2 cm³/mol. The van der Waals surface area contributed by atoms with Crippen LogP contribution in [0.5, 0.6) is 0 Å². The zero-order valence-corrected chi connectivity index (χ0v) is 13.7. The van der Waals surface area contributed by atoms with Crippen molar-refractivity contribution in [1.29, 1.82) is 0 Å². The molecular weight excluding hydrogens is 334 g/mol. The van der Waals surface area contributed by atoms with Crippen molar-refractivity contribution in [3.8, 4) is 0 Å². The lowest BCUT2D eigenvalue weighted by Gasteiger charge is -2.21. The van der Waals surface area contributed by atoms with Crippen LogP contribution in [0.3, 0.4) is 0 Å². The minimum Gasteiger partial charge on any atom is -0.303 e. The Hall–Kier alpha value is -0.830. The van der Waals surface area contributed by atoms with Crippen LogP contribution >= 0.6 is 27.5 Å². The molecule has 0 aliphatic heterocycles. The average molecular weight is 351 g/mol. The van der Waals surface area contributed by atoms with Gasteiger partial charge in [0.25, 0.3) is 0 Å². The highest BCUT2D eigenvalue weighted by Gasteiger charge is 2.23. The fourth-order valence-corrected chi connectivity index (χ4v) is 3.81. The minimum absolute atomic E-state index is 0.242. The van der Waals surface area contributed by atoms with E-state index in [-0.39, 0.29) is 6.04 Å². The van der Waals surface area contributed by atoms with Gasteiger partial charge >= 0.3 is 0 Å². The molecule has 0 fully saturated rings. The molecule has 2 aromatic rings. The second-order valence-corrected chi connectivity index (χ2v) is 6.67. The van der Waals surface area contributed by atoms with Crippen LogP contribution in [0.4, 0.5) is 0 Å². The second kappa shape index (κ2) is 5.88. The molecule has 1 nitrogen and oxygen atoms in total. The molecular formula is C17H17BrClN. The molecule has 2 unspecified atom stereocenters. The number of hydrogen-bond donors (Lipinski definition) is 1. The first-order chi connectivity index (χ1) is 9.65. The number of hydrogen-bond acceptors (Lipinski definition) is 1. The van der Waals surface area contributed by atoms with Gasteiger partial charge in [-0.1, -0.05) is 57.9 Å². The first-order valence-electron chi connectivity index (χ1n) is 6.94. The van der Waals surface area contributed by atoms with E-state index in [2.05, 4.69) is 58.5 Å². The molecule has 3 rings (SSSR count). The first-order valence-corrected chi connectivity index (χ1v) is 8.11. The topological polar surface area (TPSA) is 12.0 Å². The minimum atomic E-state index is 0.242. The van der Waals surface area contributed by atoms with Gasteiger partial charge in [0.05, 0.1) is 0 Å². The fraction of sp³-hybridized carbons (Fsp3) is 0.294. The van der Waals surface area contributed by atoms with E-state index in [1.54, 1.807) is 0 Å². The van der Waals surface area contributed by atoms with Crippen molar-refractivity contribution in [2.75, 3.05) is 0 Å². The summed E-state index contributed by atoms with van der Waals surface area (Å²) < 4.78 is 1.02. The Labute approximate surface area is 133 Å². The van der Waals surface area contributed by atoms with Crippen LogP contribution in [0, 0.1) is 0 Å². The van der Waals surface area contributed by atoms with E-state index in [0.717, 1.165) is 27.9 Å². The molecule has 104 valence electrons. The van der Waals surface area contributed by atoms with Crippen LogP contribution in [-0.2, 0) is 6.42 Å². The molecule has 0 radical (unpaired) electrons. The fourth-order valence-electron chi connectivity index (χ4n) is 2.97. The van der Waals surface area contributed by atoms with Gasteiger partial charge in [-0.05, 0) is 48.6 Å². The molecule has 0 heterocycles. The number of halogens is 2. The normalized spacial score (nSPS) is 18.9. The van der Waals surface area contributed by atoms with E-state index < -0.39 is 0 Å². The molecule has 0 bridgehead atoms. The van der Waals surface area contributed by atoms with Crippen LogP contribution < -0.4 is 5.32 Å². The lowest BCUT2D eigenvalue weighted by molar-refractivity contribution is 0.465. The van der Waals surface area contributed by atoms with Gasteiger partial charge in [-0.3, -0.25) is 0 Å². The number of nitrogens with one attached hydrogen (secondary N) is 1. The average Bonchev–Trinajstić information content (AvgIpc) is 2.82. The highest BCUT2D eigenvalue weighted by atomic mass is 79.9. The SMILES string of the molecule is CC(NC1CCc2ccccc21)c1ccc(Br)cc1Cl. The maximum atomic E-state index is 6.34. The maximum Gasteiger partial charge on any atom is 0.0464 e. The molecule has 1 aliphatic carbocycles. The van der Waals surface area contributed by atoms with Crippen LogP contribution in [0.2, 0.25) is 5.02 Å². The molecule has 20 heavy (non-hydrogen) atoms. The molecule has 3 heteroatoms. The lowest BCUT2D eigenvalue weighted by atomic mass is 10.0. The third-order valence-electron chi connectivity index (χ3n) is 4.01. The van der Waals surface area contributed by atoms with Gasteiger partial charge in [-0.2, -0.15) is 0 Å². The van der Waals surface area contributed by atoms with E-state index >= 15 is 0 Å². The Morgan fingerprint density at radius 2 is 2.05 bits per heavy atom. The molecule has 0 saturated carbocycles. The van der Waals surface area contributed by atoms with Gasteiger partial charge in [-0.15, -0.1) is 0 Å². The van der Waals surface area contributed by atoms with Gasteiger partial charge in [0.1, 0.15) is 0 Å². The first kappa shape index (κ1) is 14.1. The molecule has 0 spiro atoms. The van der Waals surface area contributed by atoms with Gasteiger partial charge < -0.3 is 5.32 Å². The second-order valence-electron chi connectivity index (χ2n) is 5.34. The summed E-state index contributed by atoms with van der Waals surface area (Å²) in [7, 11) is 0. The molecule has 0 aromatic heterocycles. The summed E-state index contributed by atoms with van der Waals surface area (Å²) in [5.41, 5.74) is 4.06. The van der Waals surface area contributed by atoms with Crippen molar-refractivity contribution in [2.45, 2.75) is 31.8 Å². The molecule has 1 aliphatic rings. The van der Waals surface area contributed by atoms with Crippen molar-refractivity contribution in [1.82, 2.24) is 5.32 Å². The molecule has 1 N–H and O–H groups in total. The van der Waals surface area contributed by atoms with Gasteiger partial charge in [-0.25, -0.2) is 0 Å². The Kier molecular flexibility index (Phi) is 4.16. The third-order valence-corrected chi connectivity index (χ3v) is 4.83. The summed E-state index contributed by atoms with van der Waals surface area (Å²) in [5.74, 6) is 0. The van der Waals surface area contributed by atoms with E-state index in [0.29, 0.717) is 6.04 Å². The maximum absolute atomic E-state index is 6.34. The Morgan fingerprint density at radius 3 is 2.85 bits per heavy atom. The summed E-state index contributed by atoms with van der Waals surface area (Å²) in [6, 6.07) is 15.5. The van der Waals surface area contributed by atoms with E-state index in [9.17, 15) is 0 Å². The van der Waals surface area contributed by atoms with Gasteiger partial charge in [0, 0.05) is 21.6 Å². The zero-order valence-electron chi connectivity index (χ0n) is 11.4.